The lowest BCUT2D eigenvalue weighted by Crippen LogP contribution is -2.40. The Morgan fingerprint density at radius 1 is 1.03 bits per heavy atom. The first kappa shape index (κ1) is 20.4. The Bertz CT molecular complexity index is 941. The number of piperidine rings is 1. The van der Waals surface area contributed by atoms with E-state index in [-0.39, 0.29) is 6.09 Å². The summed E-state index contributed by atoms with van der Waals surface area (Å²) in [5.74, 6) is 0.587. The van der Waals surface area contributed by atoms with Crippen molar-refractivity contribution < 1.29 is 9.53 Å². The molecule has 1 amide bonds. The molecule has 2 heterocycles. The molecule has 30 heavy (non-hydrogen) atoms. The molecule has 0 aliphatic carbocycles. The van der Waals surface area contributed by atoms with Gasteiger partial charge >= 0.3 is 6.09 Å². The van der Waals surface area contributed by atoms with Gasteiger partial charge in [-0.2, -0.15) is 15.0 Å². The Kier molecular flexibility index (Phi) is 6.64. The maximum Gasteiger partial charge on any atom is 0.410 e. The van der Waals surface area contributed by atoms with Crippen molar-refractivity contribution in [3.05, 3.63) is 83.1 Å². The molecule has 0 bridgehead atoms. The van der Waals surface area contributed by atoms with E-state index < -0.39 is 6.10 Å². The number of carbonyl (C=O) groups is 1. The van der Waals surface area contributed by atoms with Crippen LogP contribution in [0, 0.1) is 5.92 Å². The molecule has 1 aromatic heterocycles. The van der Waals surface area contributed by atoms with Crippen molar-refractivity contribution in [3.63, 3.8) is 0 Å². The lowest BCUT2D eigenvalue weighted by atomic mass is 9.90. The molecule has 0 saturated carbocycles. The van der Waals surface area contributed by atoms with Crippen LogP contribution in [0.5, 0.6) is 0 Å². The molecular weight excluding hydrogens is 400 g/mol. The number of amides is 1. The van der Waals surface area contributed by atoms with Gasteiger partial charge in [-0.25, -0.2) is 4.79 Å². The molecule has 156 valence electrons. The van der Waals surface area contributed by atoms with Gasteiger partial charge in [-0.3, -0.25) is 0 Å². The minimum absolute atomic E-state index is 0.312. The third-order valence-corrected chi connectivity index (χ3v) is 5.88. The molecule has 6 nitrogen and oxygen atoms in total. The van der Waals surface area contributed by atoms with Gasteiger partial charge in [-0.15, -0.1) is 0 Å². The maximum absolute atomic E-state index is 12.9. The average molecular weight is 425 g/mol. The summed E-state index contributed by atoms with van der Waals surface area (Å²) >= 11 is 6.37. The van der Waals surface area contributed by atoms with Crippen LogP contribution in [-0.4, -0.2) is 39.1 Å². The second-order valence-electron chi connectivity index (χ2n) is 7.60. The van der Waals surface area contributed by atoms with Crippen LogP contribution in [0.1, 0.15) is 30.1 Å². The summed E-state index contributed by atoms with van der Waals surface area (Å²) in [4.78, 5) is 16.2. The van der Waals surface area contributed by atoms with Crippen LogP contribution in [0.25, 0.3) is 0 Å². The number of benzene rings is 2. The monoisotopic (exact) mass is 424 g/mol. The van der Waals surface area contributed by atoms with E-state index in [1.807, 2.05) is 24.3 Å². The fourth-order valence-electron chi connectivity index (χ4n) is 3.88. The first-order valence-electron chi connectivity index (χ1n) is 10.3. The number of likely N-dealkylation sites (tertiary alicyclic amines) is 1. The molecule has 1 saturated heterocycles. The number of hydrogen-bond acceptors (Lipinski definition) is 4. The highest BCUT2D eigenvalue weighted by molar-refractivity contribution is 6.31. The highest BCUT2D eigenvalue weighted by atomic mass is 35.5. The zero-order valence-electron chi connectivity index (χ0n) is 16.7. The smallest absolute Gasteiger partial charge is 0.410 e. The van der Waals surface area contributed by atoms with E-state index in [4.69, 9.17) is 16.3 Å². The molecule has 1 aliphatic rings. The van der Waals surface area contributed by atoms with Gasteiger partial charge in [0, 0.05) is 23.7 Å². The molecule has 3 aromatic rings. The minimum Gasteiger partial charge on any atom is -0.439 e. The summed E-state index contributed by atoms with van der Waals surface area (Å²) in [6.07, 6.45) is 5.33. The summed E-state index contributed by atoms with van der Waals surface area (Å²) in [5.41, 5.74) is 2.10. The molecular formula is C23H25ClN4O2. The standard InChI is InChI=1S/C23H25ClN4O2/c24-21-9-5-4-8-20(21)22(17-28-25-12-13-26-28)30-23(29)27-14-10-19(11-15-27)16-18-6-2-1-3-7-18/h1-9,12-13,19,22H,10-11,14-17H2/t22-/m0/s1. The van der Waals surface area contributed by atoms with Gasteiger partial charge in [-0.1, -0.05) is 60.1 Å². The lowest BCUT2D eigenvalue weighted by molar-refractivity contribution is 0.0422. The largest absolute Gasteiger partial charge is 0.439 e. The normalized spacial score (nSPS) is 15.7. The SMILES string of the molecule is O=C(O[C@@H](Cn1nccn1)c1ccccc1Cl)N1CCC(Cc2ccccc2)CC1. The Morgan fingerprint density at radius 3 is 2.40 bits per heavy atom. The quantitative estimate of drug-likeness (QED) is 0.572. The predicted octanol–water partition coefficient (Wildman–Crippen LogP) is 4.76. The molecule has 4 rings (SSSR count). The molecule has 2 aromatic carbocycles. The van der Waals surface area contributed by atoms with Crippen molar-refractivity contribution >= 4 is 17.7 Å². The molecule has 7 heteroatoms. The number of aromatic nitrogens is 3. The van der Waals surface area contributed by atoms with Crippen LogP contribution in [0.4, 0.5) is 4.79 Å². The third-order valence-electron chi connectivity index (χ3n) is 5.53. The average Bonchev–Trinajstić information content (AvgIpc) is 3.28. The summed E-state index contributed by atoms with van der Waals surface area (Å²) in [7, 11) is 0. The van der Waals surface area contributed by atoms with Crippen molar-refractivity contribution in [3.8, 4) is 0 Å². The first-order valence-corrected chi connectivity index (χ1v) is 10.6. The van der Waals surface area contributed by atoms with E-state index in [0.717, 1.165) is 24.8 Å². The molecule has 0 unspecified atom stereocenters. The summed E-state index contributed by atoms with van der Waals surface area (Å²) in [6, 6.07) is 17.9. The number of carbonyl (C=O) groups excluding carboxylic acids is 1. The summed E-state index contributed by atoms with van der Waals surface area (Å²) < 4.78 is 5.89. The molecule has 1 atom stereocenters. The maximum atomic E-state index is 12.9. The van der Waals surface area contributed by atoms with Crippen molar-refractivity contribution in [2.24, 2.45) is 5.92 Å². The van der Waals surface area contributed by atoms with Gasteiger partial charge in [0.2, 0.25) is 0 Å². The van der Waals surface area contributed by atoms with Crippen molar-refractivity contribution in [2.75, 3.05) is 13.1 Å². The van der Waals surface area contributed by atoms with E-state index in [1.54, 1.807) is 23.4 Å². The fourth-order valence-corrected chi connectivity index (χ4v) is 4.14. The predicted molar refractivity (Wildman–Crippen MR) is 115 cm³/mol. The Morgan fingerprint density at radius 2 is 1.70 bits per heavy atom. The number of hydrogen-bond donors (Lipinski definition) is 0. The minimum atomic E-state index is -0.555. The molecule has 0 radical (unpaired) electrons. The van der Waals surface area contributed by atoms with Gasteiger partial charge in [0.25, 0.3) is 0 Å². The Balaban J connectivity index is 1.37. The highest BCUT2D eigenvalue weighted by Gasteiger charge is 2.27. The summed E-state index contributed by atoms with van der Waals surface area (Å²) in [6.45, 7) is 1.71. The highest BCUT2D eigenvalue weighted by Crippen LogP contribution is 2.28. The van der Waals surface area contributed by atoms with Gasteiger partial charge in [0.15, 0.2) is 6.10 Å². The van der Waals surface area contributed by atoms with Crippen molar-refractivity contribution in [2.45, 2.75) is 31.9 Å². The Labute approximate surface area is 181 Å². The van der Waals surface area contributed by atoms with Crippen molar-refractivity contribution in [1.29, 1.82) is 0 Å². The van der Waals surface area contributed by atoms with E-state index in [2.05, 4.69) is 34.5 Å². The van der Waals surface area contributed by atoms with Crippen LogP contribution >= 0.6 is 11.6 Å². The Hall–Kier alpha value is -2.86. The molecule has 1 aliphatic heterocycles. The molecule has 0 spiro atoms. The van der Waals surface area contributed by atoms with E-state index in [9.17, 15) is 4.79 Å². The van der Waals surface area contributed by atoms with Crippen LogP contribution in [0.3, 0.4) is 0 Å². The van der Waals surface area contributed by atoms with Crippen LogP contribution in [0.2, 0.25) is 5.02 Å². The van der Waals surface area contributed by atoms with E-state index in [1.165, 1.54) is 10.4 Å². The van der Waals surface area contributed by atoms with Crippen LogP contribution < -0.4 is 0 Å². The molecule has 1 fully saturated rings. The number of rotatable bonds is 6. The van der Waals surface area contributed by atoms with E-state index in [0.29, 0.717) is 30.6 Å². The van der Waals surface area contributed by atoms with Gasteiger partial charge in [0.1, 0.15) is 6.54 Å². The zero-order chi connectivity index (χ0) is 20.8. The number of halogens is 1. The van der Waals surface area contributed by atoms with Crippen LogP contribution in [-0.2, 0) is 17.7 Å². The van der Waals surface area contributed by atoms with E-state index >= 15 is 0 Å². The number of ether oxygens (including phenoxy) is 1. The fraction of sp³-hybridized carbons (Fsp3) is 0.348. The van der Waals surface area contributed by atoms with Crippen molar-refractivity contribution in [1.82, 2.24) is 19.9 Å². The second-order valence-corrected chi connectivity index (χ2v) is 8.01. The lowest BCUT2D eigenvalue weighted by Gasteiger charge is -2.32. The molecule has 0 N–H and O–H groups in total. The van der Waals surface area contributed by atoms with Gasteiger partial charge in [-0.05, 0) is 36.8 Å². The zero-order valence-corrected chi connectivity index (χ0v) is 17.5. The van der Waals surface area contributed by atoms with Gasteiger partial charge < -0.3 is 9.64 Å². The topological polar surface area (TPSA) is 60.3 Å². The first-order chi connectivity index (χ1) is 14.7. The van der Waals surface area contributed by atoms with Gasteiger partial charge in [0.05, 0.1) is 12.4 Å². The second kappa shape index (κ2) is 9.76. The summed E-state index contributed by atoms with van der Waals surface area (Å²) in [5, 5.41) is 8.84. The van der Waals surface area contributed by atoms with Crippen LogP contribution in [0.15, 0.2) is 67.0 Å². The third kappa shape index (κ3) is 5.19. The number of nitrogens with zero attached hydrogens (tertiary/aromatic N) is 4.